The number of anilines is 2. The van der Waals surface area contributed by atoms with Crippen molar-refractivity contribution in [2.75, 3.05) is 16.7 Å². The molecule has 0 bridgehead atoms. The van der Waals surface area contributed by atoms with E-state index in [9.17, 15) is 22.8 Å². The van der Waals surface area contributed by atoms with Crippen LogP contribution in [0.3, 0.4) is 0 Å². The van der Waals surface area contributed by atoms with E-state index in [2.05, 4.69) is 41.8 Å². The predicted molar refractivity (Wildman–Crippen MR) is 189 cm³/mol. The Hall–Kier alpha value is -6.31. The van der Waals surface area contributed by atoms with Gasteiger partial charge in [0, 0.05) is 55.4 Å². The summed E-state index contributed by atoms with van der Waals surface area (Å²) in [5.74, 6) is 4.85. The van der Waals surface area contributed by atoms with Gasteiger partial charge in [-0.25, -0.2) is 9.50 Å². The van der Waals surface area contributed by atoms with Gasteiger partial charge in [-0.05, 0) is 50.1 Å². The Morgan fingerprint density at radius 3 is 2.53 bits per heavy atom. The second-order valence-corrected chi connectivity index (χ2v) is 13.9. The number of amides is 2. The van der Waals surface area contributed by atoms with Gasteiger partial charge in [0.1, 0.15) is 5.56 Å². The van der Waals surface area contributed by atoms with E-state index >= 15 is 0 Å². The zero-order valence-corrected chi connectivity index (χ0v) is 28.4. The number of nitrogens with one attached hydrogen (secondary N) is 3. The molecule has 1 atom stereocenters. The number of pyridine rings is 1. The monoisotopic (exact) mass is 702 g/mol. The molecule has 2 amide bonds. The van der Waals surface area contributed by atoms with Gasteiger partial charge < -0.3 is 10.2 Å². The third-order valence-corrected chi connectivity index (χ3v) is 9.90. The Kier molecular flexibility index (Phi) is 7.47. The molecule has 1 fully saturated rings. The molecule has 1 aliphatic heterocycles. The Morgan fingerprint density at radius 1 is 1.02 bits per heavy atom. The molecule has 51 heavy (non-hydrogen) atoms. The van der Waals surface area contributed by atoms with Crippen LogP contribution in [0, 0.1) is 11.8 Å². The quantitative estimate of drug-likeness (QED) is 0.203. The first-order chi connectivity index (χ1) is 24.5. The van der Waals surface area contributed by atoms with Crippen LogP contribution in [0.25, 0.3) is 22.1 Å². The first kappa shape index (κ1) is 31.9. The van der Waals surface area contributed by atoms with E-state index in [0.717, 1.165) is 0 Å². The average molecular weight is 703 g/mol. The summed E-state index contributed by atoms with van der Waals surface area (Å²) in [5.41, 5.74) is 2.08. The highest BCUT2D eigenvalue weighted by Gasteiger charge is 2.37. The van der Waals surface area contributed by atoms with E-state index in [0.29, 0.717) is 40.7 Å². The van der Waals surface area contributed by atoms with E-state index in [-0.39, 0.29) is 45.6 Å². The van der Waals surface area contributed by atoms with Gasteiger partial charge in [0.2, 0.25) is 0 Å². The van der Waals surface area contributed by atoms with Gasteiger partial charge in [-0.15, -0.1) is 5.10 Å². The molecule has 1 saturated carbocycles. The maximum atomic E-state index is 14.8. The van der Waals surface area contributed by atoms with E-state index in [1.807, 2.05) is 0 Å². The fraction of sp³-hybridized carbons (Fsp3) is 0.200. The van der Waals surface area contributed by atoms with Crippen LogP contribution in [-0.4, -0.2) is 62.3 Å². The van der Waals surface area contributed by atoms with E-state index < -0.39 is 27.7 Å². The second kappa shape index (κ2) is 11.9. The van der Waals surface area contributed by atoms with Crippen molar-refractivity contribution >= 4 is 49.9 Å². The number of aromatic nitrogens is 6. The number of carbonyl (C=O) groups is 2. The number of para-hydroxylation sites is 1. The molecular weight excluding hydrogens is 673 g/mol. The first-order valence-electron chi connectivity index (χ1n) is 16.0. The fourth-order valence-corrected chi connectivity index (χ4v) is 7.49. The van der Waals surface area contributed by atoms with Gasteiger partial charge >= 0.3 is 10.2 Å². The highest BCUT2D eigenvalue weighted by atomic mass is 32.2. The molecule has 256 valence electrons. The lowest BCUT2D eigenvalue weighted by Crippen LogP contribution is -2.36. The number of aryl methyl sites for hydroxylation is 1. The predicted octanol–water partition coefficient (Wildman–Crippen LogP) is 2.66. The van der Waals surface area contributed by atoms with Gasteiger partial charge in [0.15, 0.2) is 11.5 Å². The van der Waals surface area contributed by atoms with Crippen molar-refractivity contribution in [3.05, 3.63) is 112 Å². The number of hydrogen-bond donors (Lipinski definition) is 3. The van der Waals surface area contributed by atoms with Gasteiger partial charge in [0.25, 0.3) is 17.4 Å². The number of carbonyl (C=O) groups excluding carboxylic acids is 2. The van der Waals surface area contributed by atoms with Crippen molar-refractivity contribution in [2.24, 2.45) is 7.05 Å². The smallest absolute Gasteiger partial charge is 0.300 e. The first-order valence-corrected chi connectivity index (χ1v) is 17.5. The molecule has 5 heterocycles. The molecule has 0 radical (unpaired) electrons. The summed E-state index contributed by atoms with van der Waals surface area (Å²) in [6.45, 7) is 1.66. The van der Waals surface area contributed by atoms with Crippen LogP contribution in [0.5, 0.6) is 0 Å². The standard InChI is InChI=1S/C35H30N10O5S/c1-20(38-33(46)29-31(39-44-17-7-16-36-32(29)44)41-51(49,50)40-23-13-14-23)30-28-27-25(43(3)34(28)47)15-12-22(11-10-21-18-37-42(2)19-21)26(27)35(48)45(30)24-8-5-4-6-9-24/h4-9,12,15-20,23,40H,13-14H2,1-3H3,(H,38,46)(H,39,41)/t20-/m1/s1. The van der Waals surface area contributed by atoms with Crippen LogP contribution in [0.2, 0.25) is 0 Å². The summed E-state index contributed by atoms with van der Waals surface area (Å²) in [4.78, 5) is 48.9. The molecule has 1 aliphatic carbocycles. The lowest BCUT2D eigenvalue weighted by molar-refractivity contribution is 0.0935. The fourth-order valence-electron chi connectivity index (χ4n) is 6.36. The summed E-state index contributed by atoms with van der Waals surface area (Å²) < 4.78 is 35.1. The number of benzene rings is 2. The molecule has 8 rings (SSSR count). The molecule has 16 heteroatoms. The number of fused-ring (bicyclic) bond motifs is 1. The zero-order chi connectivity index (χ0) is 35.6. The Bertz CT molecular complexity index is 2670. The van der Waals surface area contributed by atoms with Crippen LogP contribution in [-0.2, 0) is 17.3 Å². The summed E-state index contributed by atoms with van der Waals surface area (Å²) >= 11 is 0. The largest absolute Gasteiger partial charge is 0.344 e. The lowest BCUT2D eigenvalue weighted by Gasteiger charge is -2.23. The lowest BCUT2D eigenvalue weighted by atomic mass is 9.97. The topological polar surface area (TPSA) is 178 Å². The van der Waals surface area contributed by atoms with Crippen LogP contribution < -0.4 is 25.2 Å². The van der Waals surface area contributed by atoms with Crippen molar-refractivity contribution < 1.29 is 18.0 Å². The van der Waals surface area contributed by atoms with E-state index in [4.69, 9.17) is 0 Å². The van der Waals surface area contributed by atoms with Crippen LogP contribution in [0.4, 0.5) is 11.5 Å². The Morgan fingerprint density at radius 2 is 1.80 bits per heavy atom. The minimum atomic E-state index is -4.07. The highest BCUT2D eigenvalue weighted by Crippen LogP contribution is 2.40. The van der Waals surface area contributed by atoms with Crippen molar-refractivity contribution in [1.29, 1.82) is 0 Å². The molecule has 0 spiro atoms. The average Bonchev–Trinajstić information content (AvgIpc) is 3.59. The van der Waals surface area contributed by atoms with Crippen LogP contribution >= 0.6 is 0 Å². The third-order valence-electron chi connectivity index (χ3n) is 8.80. The van der Waals surface area contributed by atoms with Gasteiger partial charge in [-0.3, -0.25) is 28.4 Å². The van der Waals surface area contributed by atoms with Crippen LogP contribution in [0.15, 0.2) is 78.1 Å². The summed E-state index contributed by atoms with van der Waals surface area (Å²) in [7, 11) is -0.659. The van der Waals surface area contributed by atoms with Gasteiger partial charge in [-0.1, -0.05) is 30.0 Å². The summed E-state index contributed by atoms with van der Waals surface area (Å²) in [6, 6.07) is 12.7. The molecule has 2 aromatic carbocycles. The third kappa shape index (κ3) is 5.58. The maximum Gasteiger partial charge on any atom is 0.300 e. The molecule has 0 saturated heterocycles. The van der Waals surface area contributed by atoms with Crippen molar-refractivity contribution in [1.82, 2.24) is 39.0 Å². The molecule has 3 N–H and O–H groups in total. The highest BCUT2D eigenvalue weighted by molar-refractivity contribution is 7.90. The van der Waals surface area contributed by atoms with Crippen molar-refractivity contribution in [3.63, 3.8) is 0 Å². The molecule has 4 aromatic heterocycles. The van der Waals surface area contributed by atoms with Gasteiger partial charge in [0.05, 0.1) is 40.1 Å². The second-order valence-electron chi connectivity index (χ2n) is 12.4. The molecular formula is C35H30N10O5S. The molecule has 15 nitrogen and oxygen atoms in total. The Balaban J connectivity index is 1.29. The maximum absolute atomic E-state index is 14.8. The number of hydrogen-bond acceptors (Lipinski definition) is 8. The minimum absolute atomic E-state index is 0.102. The minimum Gasteiger partial charge on any atom is -0.344 e. The number of nitrogens with zero attached hydrogens (tertiary/aromatic N) is 7. The molecule has 0 unspecified atom stereocenters. The van der Waals surface area contributed by atoms with Crippen molar-refractivity contribution in [2.45, 2.75) is 31.8 Å². The SMILES string of the molecule is C[C@@H](NC(=O)c1c(NS(=O)(=O)NC2CC2)nn2cccnc12)c1c2c3c(ccc(C#Cc4cnn(C)c4)c3c(=O)n1-c1ccccc1)N(C)C2=O. The van der Waals surface area contributed by atoms with Crippen LogP contribution in [0.1, 0.15) is 63.3 Å². The Labute approximate surface area is 291 Å². The molecule has 6 aromatic rings. The van der Waals surface area contributed by atoms with Crippen molar-refractivity contribution in [3.8, 4) is 17.5 Å². The summed E-state index contributed by atoms with van der Waals surface area (Å²) in [6.07, 6.45) is 7.80. The molecule has 2 aliphatic rings. The van der Waals surface area contributed by atoms with Gasteiger partial charge in [-0.2, -0.15) is 18.2 Å². The zero-order valence-electron chi connectivity index (χ0n) is 27.6. The summed E-state index contributed by atoms with van der Waals surface area (Å²) in [5, 5.41) is 12.0. The number of rotatable bonds is 8. The van der Waals surface area contributed by atoms with E-state index in [1.54, 1.807) is 86.6 Å². The normalized spacial score (nSPS) is 14.5. The van der Waals surface area contributed by atoms with E-state index in [1.165, 1.54) is 26.4 Å².